The van der Waals surface area contributed by atoms with Gasteiger partial charge in [0.2, 0.25) is 0 Å². The van der Waals surface area contributed by atoms with Crippen molar-refractivity contribution in [3.63, 3.8) is 0 Å². The van der Waals surface area contributed by atoms with Gasteiger partial charge in [0.25, 0.3) is 0 Å². The number of quaternary nitrogens is 1. The van der Waals surface area contributed by atoms with Crippen LogP contribution in [0.3, 0.4) is 0 Å². The smallest absolute Gasteiger partial charge is 0.351 e. The van der Waals surface area contributed by atoms with Crippen molar-refractivity contribution in [3.05, 3.63) is 29.8 Å². The third kappa shape index (κ3) is 9.09. The summed E-state index contributed by atoms with van der Waals surface area (Å²) in [5.41, 5.74) is 1.27. The molecule has 1 fully saturated rings. The van der Waals surface area contributed by atoms with Crippen LogP contribution in [0.15, 0.2) is 24.3 Å². The number of carbonyl (C=O) groups is 2. The summed E-state index contributed by atoms with van der Waals surface area (Å²) in [5.74, 6) is -3.68. The molecule has 0 spiro atoms. The van der Waals surface area contributed by atoms with E-state index < -0.39 is 11.9 Å². The lowest BCUT2D eigenvalue weighted by atomic mass is 10.1. The zero-order chi connectivity index (χ0) is 17.8. The number of hydrogen-bond donors (Lipinski definition) is 3. The summed E-state index contributed by atoms with van der Waals surface area (Å²) in [6, 6.07) is 7.43. The minimum Gasteiger partial charge on any atom is -0.539 e. The standard InChI is InChI=1S/C14H21NO3.C2H2O4/c16-13-5-3-12(4-6-13)7-9-15-8-1-2-14-17-10-11-18-14;3-1(4)2(5)6/h3-6,14-16H,1-2,7-11H2;(H,3,4)(H,5,6). The van der Waals surface area contributed by atoms with Crippen LogP contribution in [0.1, 0.15) is 18.4 Å². The molecule has 0 aromatic heterocycles. The summed E-state index contributed by atoms with van der Waals surface area (Å²) in [6.07, 6.45) is 3.20. The maximum absolute atomic E-state index is 9.17. The molecule has 1 aromatic rings. The maximum Gasteiger partial charge on any atom is 0.351 e. The molecular formula is C16H23NO7. The van der Waals surface area contributed by atoms with Gasteiger partial charge in [-0.25, -0.2) is 4.79 Å². The highest BCUT2D eigenvalue weighted by atomic mass is 16.7. The highest BCUT2D eigenvalue weighted by Crippen LogP contribution is 2.10. The molecule has 1 saturated heterocycles. The summed E-state index contributed by atoms with van der Waals surface area (Å²) in [4.78, 5) is 18.0. The molecule has 0 unspecified atom stereocenters. The van der Waals surface area contributed by atoms with Gasteiger partial charge >= 0.3 is 5.97 Å². The Kier molecular flexibility index (Phi) is 9.44. The number of carboxylic acid groups (broad SMARTS) is 2. The van der Waals surface area contributed by atoms with Crippen LogP contribution in [-0.4, -0.2) is 54.7 Å². The Morgan fingerprint density at radius 2 is 1.75 bits per heavy atom. The molecule has 0 aliphatic carbocycles. The average molecular weight is 341 g/mol. The van der Waals surface area contributed by atoms with E-state index in [0.29, 0.717) is 5.75 Å². The Hall–Kier alpha value is -2.16. The molecule has 1 aliphatic heterocycles. The van der Waals surface area contributed by atoms with Crippen LogP contribution in [0, 0.1) is 0 Å². The lowest BCUT2D eigenvalue weighted by molar-refractivity contribution is -0.654. The topological polar surface area (TPSA) is 133 Å². The number of carboxylic acids is 2. The first-order chi connectivity index (χ1) is 11.5. The zero-order valence-electron chi connectivity index (χ0n) is 13.3. The molecule has 0 amide bonds. The molecule has 1 aromatic carbocycles. The van der Waals surface area contributed by atoms with Crippen molar-refractivity contribution in [1.29, 1.82) is 0 Å². The summed E-state index contributed by atoms with van der Waals surface area (Å²) < 4.78 is 10.8. The van der Waals surface area contributed by atoms with Gasteiger partial charge < -0.3 is 34.9 Å². The van der Waals surface area contributed by atoms with Crippen molar-refractivity contribution in [2.45, 2.75) is 25.6 Å². The van der Waals surface area contributed by atoms with Gasteiger partial charge in [0.1, 0.15) is 5.75 Å². The molecule has 8 nitrogen and oxygen atoms in total. The van der Waals surface area contributed by atoms with Crippen molar-refractivity contribution in [3.8, 4) is 5.75 Å². The van der Waals surface area contributed by atoms with E-state index in [0.717, 1.165) is 45.6 Å². The van der Waals surface area contributed by atoms with Gasteiger partial charge in [-0.1, -0.05) is 12.1 Å². The highest BCUT2D eigenvalue weighted by Gasteiger charge is 2.14. The summed E-state index contributed by atoms with van der Waals surface area (Å²) in [6.45, 7) is 3.68. The molecule has 0 saturated carbocycles. The number of aromatic hydroxyl groups is 1. The Balaban J connectivity index is 0.000000413. The predicted octanol–water partition coefficient (Wildman–Crippen LogP) is -1.53. The van der Waals surface area contributed by atoms with Gasteiger partial charge in [0.15, 0.2) is 12.3 Å². The Morgan fingerprint density at radius 1 is 1.17 bits per heavy atom. The fraction of sp³-hybridized carbons (Fsp3) is 0.500. The first kappa shape index (κ1) is 19.9. The molecule has 134 valence electrons. The molecular weight excluding hydrogens is 318 g/mol. The fourth-order valence-corrected chi connectivity index (χ4v) is 2.08. The molecule has 2 rings (SSSR count). The van der Waals surface area contributed by atoms with Crippen LogP contribution in [0.5, 0.6) is 5.75 Å². The number of benzene rings is 1. The number of nitrogens with two attached hydrogens (primary N) is 1. The highest BCUT2D eigenvalue weighted by molar-refractivity contribution is 6.26. The number of phenols is 1. The third-order valence-electron chi connectivity index (χ3n) is 3.29. The quantitative estimate of drug-likeness (QED) is 0.405. The van der Waals surface area contributed by atoms with E-state index in [1.165, 1.54) is 5.56 Å². The van der Waals surface area contributed by atoms with Crippen LogP contribution in [-0.2, 0) is 25.5 Å². The van der Waals surface area contributed by atoms with E-state index in [2.05, 4.69) is 5.32 Å². The second-order valence-corrected chi connectivity index (χ2v) is 5.19. The first-order valence-electron chi connectivity index (χ1n) is 7.76. The largest absolute Gasteiger partial charge is 0.539 e. The van der Waals surface area contributed by atoms with Crippen molar-refractivity contribution in [2.24, 2.45) is 0 Å². The van der Waals surface area contributed by atoms with E-state index in [1.54, 1.807) is 12.1 Å². The number of ether oxygens (including phenoxy) is 2. The van der Waals surface area contributed by atoms with Crippen molar-refractivity contribution in [2.75, 3.05) is 26.3 Å². The molecule has 1 aliphatic rings. The predicted molar refractivity (Wildman–Crippen MR) is 81.0 cm³/mol. The second-order valence-electron chi connectivity index (χ2n) is 5.19. The fourth-order valence-electron chi connectivity index (χ4n) is 2.08. The molecule has 24 heavy (non-hydrogen) atoms. The van der Waals surface area contributed by atoms with Gasteiger partial charge in [-0.05, 0) is 17.7 Å². The van der Waals surface area contributed by atoms with E-state index in [4.69, 9.17) is 29.3 Å². The Morgan fingerprint density at radius 3 is 2.29 bits per heavy atom. The van der Waals surface area contributed by atoms with Gasteiger partial charge in [-0.2, -0.15) is 0 Å². The number of phenolic OH excluding ortho intramolecular Hbond substituents is 1. The summed E-state index contributed by atoms with van der Waals surface area (Å²) in [5, 5.41) is 27.8. The molecule has 0 atom stereocenters. The Labute approximate surface area is 140 Å². The van der Waals surface area contributed by atoms with E-state index in [9.17, 15) is 5.11 Å². The lowest BCUT2D eigenvalue weighted by Crippen LogP contribution is -2.84. The van der Waals surface area contributed by atoms with Gasteiger partial charge in [-0.15, -0.1) is 0 Å². The van der Waals surface area contributed by atoms with E-state index in [1.807, 2.05) is 12.1 Å². The monoisotopic (exact) mass is 341 g/mol. The SMILES string of the molecule is O=C([O-])C(=O)O.Oc1ccc(CC[NH2+]CCCC2OCCO2)cc1. The normalized spacial score (nSPS) is 14.0. The maximum atomic E-state index is 9.17. The van der Waals surface area contributed by atoms with Crippen LogP contribution < -0.4 is 10.4 Å². The molecule has 0 radical (unpaired) electrons. The van der Waals surface area contributed by atoms with E-state index in [-0.39, 0.29) is 6.29 Å². The van der Waals surface area contributed by atoms with Gasteiger partial charge in [-0.3, -0.25) is 0 Å². The molecule has 1 heterocycles. The number of hydrogen-bond acceptors (Lipinski definition) is 6. The van der Waals surface area contributed by atoms with Gasteiger partial charge in [0.05, 0.1) is 26.3 Å². The third-order valence-corrected chi connectivity index (χ3v) is 3.29. The average Bonchev–Trinajstić information content (AvgIpc) is 3.06. The van der Waals surface area contributed by atoms with Crippen molar-refractivity contribution < 1.29 is 39.7 Å². The summed E-state index contributed by atoms with van der Waals surface area (Å²) in [7, 11) is 0. The van der Waals surface area contributed by atoms with Gasteiger partial charge in [0, 0.05) is 19.3 Å². The minimum atomic E-state index is -2.07. The van der Waals surface area contributed by atoms with Crippen molar-refractivity contribution >= 4 is 11.9 Å². The molecule has 0 bridgehead atoms. The first-order valence-corrected chi connectivity index (χ1v) is 7.76. The molecule has 8 heteroatoms. The summed E-state index contributed by atoms with van der Waals surface area (Å²) >= 11 is 0. The van der Waals surface area contributed by atoms with E-state index >= 15 is 0 Å². The van der Waals surface area contributed by atoms with Crippen LogP contribution >= 0.6 is 0 Å². The molecule has 4 N–H and O–H groups in total. The van der Waals surface area contributed by atoms with Crippen LogP contribution in [0.25, 0.3) is 0 Å². The second kappa shape index (κ2) is 11.4. The van der Waals surface area contributed by atoms with Crippen LogP contribution in [0.4, 0.5) is 0 Å². The van der Waals surface area contributed by atoms with Crippen molar-refractivity contribution in [1.82, 2.24) is 0 Å². The number of aliphatic carboxylic acids is 2. The zero-order valence-corrected chi connectivity index (χ0v) is 13.3. The number of carbonyl (C=O) groups excluding carboxylic acids is 1. The Bertz CT molecular complexity index is 486. The lowest BCUT2D eigenvalue weighted by Gasteiger charge is -2.07. The van der Waals surface area contributed by atoms with Crippen LogP contribution in [0.2, 0.25) is 0 Å². The number of rotatable bonds is 7. The minimum absolute atomic E-state index is 0.0375.